The average molecular weight is 1140 g/mol. The first-order chi connectivity index (χ1) is 37.0. The van der Waals surface area contributed by atoms with Crippen molar-refractivity contribution < 1.29 is 80.2 Å². The highest BCUT2D eigenvalue weighted by Gasteiger charge is 2.30. The number of phosphoric ester groups is 2. The lowest BCUT2D eigenvalue weighted by molar-refractivity contribution is -0.161. The van der Waals surface area contributed by atoms with E-state index in [4.69, 9.17) is 37.0 Å². The molecular formula is C58H112O17P2. The highest BCUT2D eigenvalue weighted by atomic mass is 31.2. The van der Waals surface area contributed by atoms with Crippen molar-refractivity contribution in [1.29, 1.82) is 0 Å². The van der Waals surface area contributed by atoms with E-state index in [0.29, 0.717) is 31.6 Å². The Hall–Kier alpha value is -1.94. The molecule has 0 heterocycles. The lowest BCUT2D eigenvalue weighted by Crippen LogP contribution is -2.30. The maximum absolute atomic E-state index is 12.9. The Morgan fingerprint density at radius 1 is 0.351 bits per heavy atom. The fraction of sp³-hybridized carbons (Fsp3) is 0.931. The topological polar surface area (TPSA) is 237 Å². The number of aliphatic hydroxyl groups excluding tert-OH is 1. The minimum absolute atomic E-state index is 0.105. The standard InChI is InChI=1S/C58H112O17P2/c1-6-9-12-15-18-21-22-24-27-34-39-44-58(63)75-54(48-69-56(61)42-37-32-29-28-30-35-40-51(4)5)50-73-77(66,67)71-46-52(59)45-70-76(64,65)72-49-53(47-68-55(60)41-36-31-25-20-17-14-11-8-3)74-57(62)43-38-33-26-23-19-16-13-10-7-2/h51-54,59H,6-50H2,1-5H3,(H,64,65)(H,66,67)/t52-,53+,54+/m0/s1. The van der Waals surface area contributed by atoms with Crippen LogP contribution in [0.5, 0.6) is 0 Å². The van der Waals surface area contributed by atoms with E-state index in [2.05, 4.69) is 34.6 Å². The summed E-state index contributed by atoms with van der Waals surface area (Å²) in [6.07, 6.45) is 33.6. The number of phosphoric acid groups is 2. The van der Waals surface area contributed by atoms with Crippen molar-refractivity contribution in [1.82, 2.24) is 0 Å². The van der Waals surface area contributed by atoms with E-state index in [1.54, 1.807) is 0 Å². The molecule has 0 aromatic heterocycles. The molecule has 0 aromatic carbocycles. The largest absolute Gasteiger partial charge is 0.472 e. The Labute approximate surface area is 467 Å². The zero-order chi connectivity index (χ0) is 57.1. The monoisotopic (exact) mass is 1140 g/mol. The van der Waals surface area contributed by atoms with Gasteiger partial charge in [-0.05, 0) is 31.6 Å². The van der Waals surface area contributed by atoms with Gasteiger partial charge in [0.05, 0.1) is 26.4 Å². The molecule has 0 aliphatic rings. The van der Waals surface area contributed by atoms with Crippen LogP contribution in [0.15, 0.2) is 0 Å². The molecule has 0 rings (SSSR count). The molecule has 5 atom stereocenters. The number of hydrogen-bond acceptors (Lipinski definition) is 15. The van der Waals surface area contributed by atoms with Gasteiger partial charge in [0.25, 0.3) is 0 Å². The van der Waals surface area contributed by atoms with Gasteiger partial charge in [0.2, 0.25) is 0 Å². The average Bonchev–Trinajstić information content (AvgIpc) is 3.39. The third kappa shape index (κ3) is 53.2. The second-order valence-corrected chi connectivity index (χ2v) is 24.4. The summed E-state index contributed by atoms with van der Waals surface area (Å²) in [4.78, 5) is 71.8. The number of rotatable bonds is 58. The molecule has 77 heavy (non-hydrogen) atoms. The van der Waals surface area contributed by atoms with Gasteiger partial charge in [-0.1, -0.05) is 234 Å². The van der Waals surface area contributed by atoms with Gasteiger partial charge in [-0.3, -0.25) is 37.3 Å². The van der Waals surface area contributed by atoms with E-state index in [-0.39, 0.29) is 25.7 Å². The van der Waals surface area contributed by atoms with Crippen LogP contribution in [0.3, 0.4) is 0 Å². The second-order valence-electron chi connectivity index (χ2n) is 21.5. The summed E-state index contributed by atoms with van der Waals surface area (Å²) < 4.78 is 67.6. The van der Waals surface area contributed by atoms with Crippen molar-refractivity contribution in [3.05, 3.63) is 0 Å². The predicted octanol–water partition coefficient (Wildman–Crippen LogP) is 15.5. The van der Waals surface area contributed by atoms with Crippen LogP contribution in [0.1, 0.15) is 285 Å². The van der Waals surface area contributed by atoms with Crippen molar-refractivity contribution in [3.8, 4) is 0 Å². The van der Waals surface area contributed by atoms with Gasteiger partial charge in [0, 0.05) is 25.7 Å². The van der Waals surface area contributed by atoms with Gasteiger partial charge >= 0.3 is 39.5 Å². The van der Waals surface area contributed by atoms with Crippen LogP contribution in [-0.2, 0) is 65.4 Å². The fourth-order valence-electron chi connectivity index (χ4n) is 8.52. The molecule has 0 saturated carbocycles. The lowest BCUT2D eigenvalue weighted by Gasteiger charge is -2.21. The molecule has 0 aromatic rings. The first-order valence-electron chi connectivity index (χ1n) is 30.6. The summed E-state index contributed by atoms with van der Waals surface area (Å²) >= 11 is 0. The summed E-state index contributed by atoms with van der Waals surface area (Å²) in [7, 11) is -9.87. The third-order valence-electron chi connectivity index (χ3n) is 13.3. The molecule has 17 nitrogen and oxygen atoms in total. The quantitative estimate of drug-likeness (QED) is 0.0222. The molecule has 0 bridgehead atoms. The number of esters is 4. The Kier molecular flexibility index (Phi) is 50.8. The Morgan fingerprint density at radius 2 is 0.597 bits per heavy atom. The maximum Gasteiger partial charge on any atom is 0.472 e. The molecule has 456 valence electrons. The van der Waals surface area contributed by atoms with Gasteiger partial charge in [-0.15, -0.1) is 0 Å². The molecule has 0 aliphatic carbocycles. The van der Waals surface area contributed by atoms with Gasteiger partial charge in [0.1, 0.15) is 19.3 Å². The van der Waals surface area contributed by atoms with Crippen LogP contribution in [0.4, 0.5) is 0 Å². The summed E-state index contributed by atoms with van der Waals surface area (Å²) in [5.74, 6) is -1.47. The molecule has 19 heteroatoms. The number of carbonyl (C=O) groups excluding carboxylic acids is 4. The van der Waals surface area contributed by atoms with Gasteiger partial charge < -0.3 is 33.8 Å². The third-order valence-corrected chi connectivity index (χ3v) is 15.2. The number of ether oxygens (including phenoxy) is 4. The van der Waals surface area contributed by atoms with Crippen LogP contribution in [0.25, 0.3) is 0 Å². The van der Waals surface area contributed by atoms with Crippen LogP contribution in [0.2, 0.25) is 0 Å². The smallest absolute Gasteiger partial charge is 0.462 e. The maximum atomic E-state index is 12.9. The highest BCUT2D eigenvalue weighted by Crippen LogP contribution is 2.45. The number of unbranched alkanes of at least 4 members (excludes halogenated alkanes) is 30. The van der Waals surface area contributed by atoms with E-state index >= 15 is 0 Å². The Balaban J connectivity index is 5.22. The number of hydrogen-bond donors (Lipinski definition) is 3. The molecule has 3 N–H and O–H groups in total. The zero-order valence-electron chi connectivity index (χ0n) is 49.1. The molecule has 0 radical (unpaired) electrons. The Bertz CT molecular complexity index is 1520. The van der Waals surface area contributed by atoms with Crippen LogP contribution < -0.4 is 0 Å². The van der Waals surface area contributed by atoms with Crippen LogP contribution >= 0.6 is 15.6 Å². The van der Waals surface area contributed by atoms with Crippen molar-refractivity contribution >= 4 is 39.5 Å². The first kappa shape index (κ1) is 75.1. The summed E-state index contributed by atoms with van der Waals surface area (Å²) in [6, 6.07) is 0. The van der Waals surface area contributed by atoms with Crippen molar-refractivity contribution in [2.75, 3.05) is 39.6 Å². The molecule has 0 fully saturated rings. The lowest BCUT2D eigenvalue weighted by atomic mass is 10.0. The minimum atomic E-state index is -4.93. The van der Waals surface area contributed by atoms with Gasteiger partial charge in [-0.2, -0.15) is 0 Å². The number of aliphatic hydroxyl groups is 1. The SMILES string of the molecule is CCCCCCCCCCCCCC(=O)O[C@H](COC(=O)CCCCCCCCC(C)C)COP(=O)(O)OC[C@@H](O)COP(=O)(O)OC[C@@H](COC(=O)CCCCCCCCCC)OC(=O)CCCCCCCCCCC. The molecule has 2 unspecified atom stereocenters. The van der Waals surface area contributed by atoms with Crippen LogP contribution in [0, 0.1) is 5.92 Å². The normalized spacial score (nSPS) is 14.4. The predicted molar refractivity (Wildman–Crippen MR) is 303 cm³/mol. The first-order valence-corrected chi connectivity index (χ1v) is 33.6. The fourth-order valence-corrected chi connectivity index (χ4v) is 10.1. The summed E-state index contributed by atoms with van der Waals surface area (Å²) in [5.41, 5.74) is 0. The van der Waals surface area contributed by atoms with Crippen molar-refractivity contribution in [2.45, 2.75) is 303 Å². The zero-order valence-corrected chi connectivity index (χ0v) is 50.9. The number of carbonyl (C=O) groups is 4. The van der Waals surface area contributed by atoms with Gasteiger partial charge in [0.15, 0.2) is 12.2 Å². The van der Waals surface area contributed by atoms with E-state index in [9.17, 15) is 43.2 Å². The molecular weight excluding hydrogens is 1030 g/mol. The van der Waals surface area contributed by atoms with Crippen molar-refractivity contribution in [3.63, 3.8) is 0 Å². The van der Waals surface area contributed by atoms with E-state index in [0.717, 1.165) is 103 Å². The van der Waals surface area contributed by atoms with Gasteiger partial charge in [-0.25, -0.2) is 9.13 Å². The molecule has 0 amide bonds. The molecule has 0 aliphatic heterocycles. The van der Waals surface area contributed by atoms with E-state index < -0.39 is 97.5 Å². The van der Waals surface area contributed by atoms with Crippen molar-refractivity contribution in [2.24, 2.45) is 5.92 Å². The van der Waals surface area contributed by atoms with E-state index in [1.807, 2.05) is 0 Å². The molecule has 0 spiro atoms. The Morgan fingerprint density at radius 3 is 0.883 bits per heavy atom. The van der Waals surface area contributed by atoms with Crippen LogP contribution in [-0.4, -0.2) is 96.7 Å². The second kappa shape index (κ2) is 52.2. The highest BCUT2D eigenvalue weighted by molar-refractivity contribution is 7.47. The molecule has 0 saturated heterocycles. The minimum Gasteiger partial charge on any atom is -0.462 e. The summed E-state index contributed by atoms with van der Waals surface area (Å²) in [5, 5.41) is 10.5. The summed E-state index contributed by atoms with van der Waals surface area (Å²) in [6.45, 7) is 7.02. The van der Waals surface area contributed by atoms with E-state index in [1.165, 1.54) is 96.3 Å².